The first-order valence-electron chi connectivity index (χ1n) is 15.3. The van der Waals surface area contributed by atoms with E-state index < -0.39 is 12.0 Å². The number of hydrogen-bond donors (Lipinski definition) is 4. The number of amides is 1. The van der Waals surface area contributed by atoms with E-state index in [1.54, 1.807) is 0 Å². The van der Waals surface area contributed by atoms with Crippen molar-refractivity contribution in [1.82, 2.24) is 5.32 Å². The van der Waals surface area contributed by atoms with E-state index in [1.807, 2.05) is 13.8 Å². The fourth-order valence-electron chi connectivity index (χ4n) is 9.88. The topological polar surface area (TPSA) is 107 Å². The number of aliphatic hydroxyl groups excluding tert-OH is 2. The number of rotatable bonds is 8. The minimum absolute atomic E-state index is 0.193. The van der Waals surface area contributed by atoms with Crippen molar-refractivity contribution in [3.8, 4) is 0 Å². The zero-order valence-corrected chi connectivity index (χ0v) is 23.9. The highest BCUT2D eigenvalue weighted by atomic mass is 16.4. The van der Waals surface area contributed by atoms with E-state index in [0.717, 1.165) is 25.7 Å². The molecule has 0 aromatic rings. The van der Waals surface area contributed by atoms with Crippen LogP contribution < -0.4 is 5.32 Å². The van der Waals surface area contributed by atoms with Crippen molar-refractivity contribution in [2.75, 3.05) is 0 Å². The molecule has 37 heavy (non-hydrogen) atoms. The van der Waals surface area contributed by atoms with Crippen molar-refractivity contribution < 1.29 is 24.9 Å². The number of fused-ring (bicyclic) bond motifs is 5. The molecule has 0 aromatic carbocycles. The number of nitrogens with one attached hydrogen (secondary N) is 1. The van der Waals surface area contributed by atoms with Crippen molar-refractivity contribution in [2.45, 2.75) is 130 Å². The molecule has 212 valence electrons. The second-order valence-corrected chi connectivity index (χ2v) is 14.3. The molecule has 0 radical (unpaired) electrons. The molecule has 4 rings (SSSR count). The molecule has 0 spiro atoms. The summed E-state index contributed by atoms with van der Waals surface area (Å²) in [5.41, 5.74) is -0.0195. The molecule has 0 unspecified atom stereocenters. The van der Waals surface area contributed by atoms with E-state index in [0.29, 0.717) is 42.9 Å². The Labute approximate surface area is 224 Å². The zero-order valence-electron chi connectivity index (χ0n) is 23.9. The molecule has 4 aliphatic rings. The number of carboxylic acids is 1. The van der Waals surface area contributed by atoms with Crippen molar-refractivity contribution in [3.05, 3.63) is 0 Å². The van der Waals surface area contributed by atoms with Crippen LogP contribution in [0.15, 0.2) is 0 Å². The molecule has 0 heterocycles. The highest BCUT2D eigenvalue weighted by Gasteiger charge is 2.65. The number of aliphatic carboxylic acids is 1. The van der Waals surface area contributed by atoms with Crippen LogP contribution in [-0.4, -0.2) is 45.4 Å². The monoisotopic (exact) mass is 519 g/mol. The standard InChI is InChI=1S/C31H53NO5/c1-18(2)15-24(29(36)37)32-27(35)13-10-19(3)21-11-12-22-28-23(17-26(34)31(21,22)5)30(4)14-8-6-7-9-20(30)16-25(28)33/h18-26,28,33-34H,6-17H2,1-5H3,(H,32,35)(H,36,37)/t19-,20+,21-,22+,23+,24+,25-,26+,28+,30+,31-/m1/s1. The van der Waals surface area contributed by atoms with Gasteiger partial charge in [0.2, 0.25) is 5.91 Å². The summed E-state index contributed by atoms with van der Waals surface area (Å²) in [6, 6.07) is -0.838. The van der Waals surface area contributed by atoms with Gasteiger partial charge in [0, 0.05) is 6.42 Å². The molecule has 1 amide bonds. The Kier molecular flexibility index (Phi) is 8.70. The minimum Gasteiger partial charge on any atom is -0.480 e. The van der Waals surface area contributed by atoms with Crippen LogP contribution >= 0.6 is 0 Å². The van der Waals surface area contributed by atoms with Crippen LogP contribution in [0.2, 0.25) is 0 Å². The fourth-order valence-corrected chi connectivity index (χ4v) is 9.88. The van der Waals surface area contributed by atoms with Crippen LogP contribution in [0.5, 0.6) is 0 Å². The predicted octanol–water partition coefficient (Wildman–Crippen LogP) is 5.40. The number of hydrogen-bond acceptors (Lipinski definition) is 4. The minimum atomic E-state index is -0.975. The summed E-state index contributed by atoms with van der Waals surface area (Å²) in [6.07, 6.45) is 10.8. The highest BCUT2D eigenvalue weighted by molar-refractivity contribution is 5.83. The van der Waals surface area contributed by atoms with Crippen molar-refractivity contribution in [2.24, 2.45) is 52.3 Å². The average molecular weight is 520 g/mol. The highest BCUT2D eigenvalue weighted by Crippen LogP contribution is 2.68. The molecule has 11 atom stereocenters. The number of carbonyl (C=O) groups excluding carboxylic acids is 1. The average Bonchev–Trinajstić information content (AvgIpc) is 3.06. The third-order valence-electron chi connectivity index (χ3n) is 11.9. The Bertz CT molecular complexity index is 830. The maximum Gasteiger partial charge on any atom is 0.326 e. The molecule has 0 aromatic heterocycles. The third-order valence-corrected chi connectivity index (χ3v) is 11.9. The Morgan fingerprint density at radius 2 is 1.70 bits per heavy atom. The quantitative estimate of drug-likeness (QED) is 0.344. The van der Waals surface area contributed by atoms with Crippen molar-refractivity contribution in [3.63, 3.8) is 0 Å². The summed E-state index contributed by atoms with van der Waals surface area (Å²) in [4.78, 5) is 24.2. The summed E-state index contributed by atoms with van der Waals surface area (Å²) in [5, 5.41) is 35.5. The Hall–Kier alpha value is -1.14. The van der Waals surface area contributed by atoms with Gasteiger partial charge in [-0.15, -0.1) is 0 Å². The third kappa shape index (κ3) is 5.35. The van der Waals surface area contributed by atoms with E-state index >= 15 is 0 Å². The predicted molar refractivity (Wildman–Crippen MR) is 145 cm³/mol. The van der Waals surface area contributed by atoms with Crippen molar-refractivity contribution >= 4 is 11.9 Å². The van der Waals surface area contributed by atoms with Crippen LogP contribution in [0.25, 0.3) is 0 Å². The number of aliphatic hydroxyl groups is 2. The molecule has 6 nitrogen and oxygen atoms in total. The van der Waals surface area contributed by atoms with Gasteiger partial charge in [0.05, 0.1) is 12.2 Å². The molecule has 0 bridgehead atoms. The SMILES string of the molecule is CC(C)C[C@H](NC(=O)CC[C@@H](C)[C@H]1CC[C@H]2[C@@H]3[C@H](O)C[C@@H]4CCCCC[C@]4(C)[C@H]3C[C@H](O)[C@]12C)C(=O)O. The van der Waals surface area contributed by atoms with E-state index in [1.165, 1.54) is 32.1 Å². The Morgan fingerprint density at radius 3 is 2.38 bits per heavy atom. The van der Waals surface area contributed by atoms with Gasteiger partial charge in [0.25, 0.3) is 0 Å². The van der Waals surface area contributed by atoms with Gasteiger partial charge in [-0.25, -0.2) is 4.79 Å². The lowest BCUT2D eigenvalue weighted by atomic mass is 9.44. The zero-order chi connectivity index (χ0) is 27.1. The lowest BCUT2D eigenvalue weighted by Crippen LogP contribution is -2.61. The van der Waals surface area contributed by atoms with Crippen LogP contribution in [-0.2, 0) is 9.59 Å². The van der Waals surface area contributed by atoms with Crippen LogP contribution in [0.1, 0.15) is 112 Å². The lowest BCUT2D eigenvalue weighted by Gasteiger charge is -2.62. The Morgan fingerprint density at radius 1 is 0.973 bits per heavy atom. The molecular formula is C31H53NO5. The van der Waals surface area contributed by atoms with E-state index in [9.17, 15) is 24.9 Å². The van der Waals surface area contributed by atoms with E-state index in [4.69, 9.17) is 0 Å². The summed E-state index contributed by atoms with van der Waals surface area (Å²) >= 11 is 0. The molecule has 4 fully saturated rings. The van der Waals surface area contributed by atoms with Gasteiger partial charge in [-0.05, 0) is 104 Å². The summed E-state index contributed by atoms with van der Waals surface area (Å²) in [5.74, 6) is 1.13. The van der Waals surface area contributed by atoms with Gasteiger partial charge in [-0.2, -0.15) is 0 Å². The molecule has 6 heteroatoms. The summed E-state index contributed by atoms with van der Waals surface area (Å²) < 4.78 is 0. The van der Waals surface area contributed by atoms with Gasteiger partial charge in [0.15, 0.2) is 0 Å². The molecule has 0 saturated heterocycles. The Balaban J connectivity index is 1.44. The van der Waals surface area contributed by atoms with E-state index in [-0.39, 0.29) is 46.7 Å². The molecule has 4 aliphatic carbocycles. The van der Waals surface area contributed by atoms with Gasteiger partial charge >= 0.3 is 5.97 Å². The molecule has 0 aliphatic heterocycles. The maximum atomic E-state index is 12.7. The van der Waals surface area contributed by atoms with E-state index in [2.05, 4.69) is 26.1 Å². The fraction of sp³-hybridized carbons (Fsp3) is 0.935. The normalized spacial score (nSPS) is 43.2. The first-order valence-corrected chi connectivity index (χ1v) is 15.3. The van der Waals surface area contributed by atoms with Gasteiger partial charge in [-0.3, -0.25) is 4.79 Å². The second-order valence-electron chi connectivity index (χ2n) is 14.3. The largest absolute Gasteiger partial charge is 0.480 e. The van der Waals surface area contributed by atoms with Gasteiger partial charge < -0.3 is 20.6 Å². The number of carbonyl (C=O) groups is 2. The molecule has 4 N–H and O–H groups in total. The van der Waals surface area contributed by atoms with Gasteiger partial charge in [-0.1, -0.05) is 53.9 Å². The molecular weight excluding hydrogens is 466 g/mol. The van der Waals surface area contributed by atoms with Gasteiger partial charge in [0.1, 0.15) is 6.04 Å². The van der Waals surface area contributed by atoms with Crippen molar-refractivity contribution in [1.29, 1.82) is 0 Å². The van der Waals surface area contributed by atoms with Crippen LogP contribution in [0.4, 0.5) is 0 Å². The van der Waals surface area contributed by atoms with Crippen LogP contribution in [0, 0.1) is 52.3 Å². The lowest BCUT2D eigenvalue weighted by molar-refractivity contribution is -0.195. The molecule has 4 saturated carbocycles. The first kappa shape index (κ1) is 28.9. The summed E-state index contributed by atoms with van der Waals surface area (Å²) in [6.45, 7) is 10.9. The maximum absolute atomic E-state index is 12.7. The smallest absolute Gasteiger partial charge is 0.326 e. The first-order chi connectivity index (χ1) is 17.4. The summed E-state index contributed by atoms with van der Waals surface area (Å²) in [7, 11) is 0. The number of carboxylic acid groups (broad SMARTS) is 1. The van der Waals surface area contributed by atoms with Crippen LogP contribution in [0.3, 0.4) is 0 Å². The second kappa shape index (κ2) is 11.2.